The molecule has 0 bridgehead atoms. The van der Waals surface area contributed by atoms with Gasteiger partial charge in [0.2, 0.25) is 5.75 Å². The van der Waals surface area contributed by atoms with Crippen LogP contribution in [0.3, 0.4) is 0 Å². The molecule has 1 amide bonds. The number of hydrogen-bond acceptors (Lipinski definition) is 5. The Balaban J connectivity index is 1.45. The molecule has 1 saturated heterocycles. The van der Waals surface area contributed by atoms with E-state index in [1.54, 1.807) is 26.4 Å². The van der Waals surface area contributed by atoms with Crippen molar-refractivity contribution in [2.45, 2.75) is 19.6 Å². The van der Waals surface area contributed by atoms with E-state index in [0.29, 0.717) is 36.0 Å². The van der Waals surface area contributed by atoms with E-state index in [2.05, 4.69) is 29.2 Å². The van der Waals surface area contributed by atoms with E-state index in [1.807, 2.05) is 41.3 Å². The summed E-state index contributed by atoms with van der Waals surface area (Å²) in [7, 11) is 3.15. The molecule has 1 heterocycles. The zero-order valence-corrected chi connectivity index (χ0v) is 19.9. The number of rotatable bonds is 8. The van der Waals surface area contributed by atoms with Gasteiger partial charge in [-0.25, -0.2) is 0 Å². The molecule has 1 aliphatic rings. The highest BCUT2D eigenvalue weighted by Gasteiger charge is 2.24. The van der Waals surface area contributed by atoms with Crippen molar-refractivity contribution in [3.63, 3.8) is 0 Å². The molecule has 178 valence electrons. The van der Waals surface area contributed by atoms with Crippen LogP contribution in [0.15, 0.2) is 72.8 Å². The van der Waals surface area contributed by atoms with E-state index >= 15 is 0 Å². The van der Waals surface area contributed by atoms with E-state index in [9.17, 15) is 4.79 Å². The van der Waals surface area contributed by atoms with Gasteiger partial charge in [-0.1, -0.05) is 60.7 Å². The fraction of sp³-hybridized carbons (Fsp3) is 0.321. The Morgan fingerprint density at radius 2 is 1.41 bits per heavy atom. The number of hydrogen-bond donors (Lipinski definition) is 0. The molecule has 6 heteroatoms. The SMILES string of the molecule is COc1cc(C(=O)N2CCCN(Cc3ccccc3)CC2)cc(OC)c1OCc1ccccc1. The lowest BCUT2D eigenvalue weighted by Gasteiger charge is -2.23. The maximum absolute atomic E-state index is 13.4. The first kappa shape index (κ1) is 23.6. The average molecular weight is 461 g/mol. The zero-order valence-electron chi connectivity index (χ0n) is 19.9. The van der Waals surface area contributed by atoms with Crippen LogP contribution in [0.5, 0.6) is 17.2 Å². The van der Waals surface area contributed by atoms with Crippen LogP contribution in [0, 0.1) is 0 Å². The third kappa shape index (κ3) is 5.88. The molecule has 0 aromatic heterocycles. The van der Waals surface area contributed by atoms with Gasteiger partial charge in [-0.05, 0) is 29.7 Å². The van der Waals surface area contributed by atoms with Gasteiger partial charge in [0.05, 0.1) is 14.2 Å². The quantitative estimate of drug-likeness (QED) is 0.491. The average Bonchev–Trinajstić information content (AvgIpc) is 3.13. The third-order valence-electron chi connectivity index (χ3n) is 6.06. The molecule has 0 spiro atoms. The minimum Gasteiger partial charge on any atom is -0.493 e. The van der Waals surface area contributed by atoms with Crippen LogP contribution >= 0.6 is 0 Å². The third-order valence-corrected chi connectivity index (χ3v) is 6.06. The van der Waals surface area contributed by atoms with E-state index in [0.717, 1.165) is 38.2 Å². The number of ether oxygens (including phenoxy) is 3. The second-order valence-corrected chi connectivity index (χ2v) is 8.39. The largest absolute Gasteiger partial charge is 0.493 e. The van der Waals surface area contributed by atoms with Gasteiger partial charge in [-0.2, -0.15) is 0 Å². The van der Waals surface area contributed by atoms with E-state index in [1.165, 1.54) is 5.56 Å². The lowest BCUT2D eigenvalue weighted by molar-refractivity contribution is 0.0760. The molecule has 3 aromatic rings. The van der Waals surface area contributed by atoms with Crippen molar-refractivity contribution in [1.29, 1.82) is 0 Å². The summed E-state index contributed by atoms with van der Waals surface area (Å²) in [5, 5.41) is 0. The van der Waals surface area contributed by atoms with Crippen LogP contribution in [-0.2, 0) is 13.2 Å². The maximum Gasteiger partial charge on any atom is 0.254 e. The van der Waals surface area contributed by atoms with Crippen LogP contribution in [0.25, 0.3) is 0 Å². The minimum absolute atomic E-state index is 0.0206. The Morgan fingerprint density at radius 1 is 0.794 bits per heavy atom. The smallest absolute Gasteiger partial charge is 0.254 e. The van der Waals surface area contributed by atoms with Gasteiger partial charge in [0.1, 0.15) is 6.61 Å². The molecule has 6 nitrogen and oxygen atoms in total. The van der Waals surface area contributed by atoms with E-state index < -0.39 is 0 Å². The van der Waals surface area contributed by atoms with Crippen molar-refractivity contribution in [2.75, 3.05) is 40.4 Å². The second-order valence-electron chi connectivity index (χ2n) is 8.39. The van der Waals surface area contributed by atoms with Gasteiger partial charge in [0.15, 0.2) is 11.5 Å². The molecule has 0 aliphatic carbocycles. The number of nitrogens with zero attached hydrogens (tertiary/aromatic N) is 2. The molecular weight excluding hydrogens is 428 g/mol. The summed E-state index contributed by atoms with van der Waals surface area (Å²) < 4.78 is 17.2. The first-order valence-corrected chi connectivity index (χ1v) is 11.7. The standard InChI is InChI=1S/C28H32N2O4/c1-32-25-18-24(19-26(33-2)27(25)34-21-23-12-7-4-8-13-23)28(31)30-15-9-14-29(16-17-30)20-22-10-5-3-6-11-22/h3-8,10-13,18-19H,9,14-17,20-21H2,1-2H3. The highest BCUT2D eigenvalue weighted by Crippen LogP contribution is 2.39. The normalized spacial score (nSPS) is 14.4. The predicted octanol–water partition coefficient (Wildman–Crippen LogP) is 4.63. The van der Waals surface area contributed by atoms with E-state index in [4.69, 9.17) is 14.2 Å². The molecular formula is C28H32N2O4. The lowest BCUT2D eigenvalue weighted by atomic mass is 10.1. The van der Waals surface area contributed by atoms with Crippen LogP contribution < -0.4 is 14.2 Å². The first-order chi connectivity index (χ1) is 16.7. The predicted molar refractivity (Wildman–Crippen MR) is 133 cm³/mol. The summed E-state index contributed by atoms with van der Waals surface area (Å²) in [5.41, 5.74) is 2.87. The fourth-order valence-electron chi connectivity index (χ4n) is 4.23. The van der Waals surface area contributed by atoms with Crippen molar-refractivity contribution in [3.8, 4) is 17.2 Å². The number of methoxy groups -OCH3 is 2. The van der Waals surface area contributed by atoms with Crippen LogP contribution in [0.2, 0.25) is 0 Å². The van der Waals surface area contributed by atoms with Crippen LogP contribution in [0.1, 0.15) is 27.9 Å². The second kappa shape index (κ2) is 11.6. The van der Waals surface area contributed by atoms with Crippen LogP contribution in [0.4, 0.5) is 0 Å². The topological polar surface area (TPSA) is 51.2 Å². The molecule has 4 rings (SSSR count). The molecule has 1 fully saturated rings. The number of carbonyl (C=O) groups is 1. The molecule has 34 heavy (non-hydrogen) atoms. The first-order valence-electron chi connectivity index (χ1n) is 11.7. The molecule has 0 N–H and O–H groups in total. The number of benzene rings is 3. The highest BCUT2D eigenvalue weighted by atomic mass is 16.5. The molecule has 1 aliphatic heterocycles. The van der Waals surface area contributed by atoms with Gasteiger partial charge in [0.25, 0.3) is 5.91 Å². The summed E-state index contributed by atoms with van der Waals surface area (Å²) in [6.07, 6.45) is 0.936. The van der Waals surface area contributed by atoms with Crippen molar-refractivity contribution in [2.24, 2.45) is 0 Å². The summed E-state index contributed by atoms with van der Waals surface area (Å²) in [5.74, 6) is 1.45. The summed E-state index contributed by atoms with van der Waals surface area (Å²) in [4.78, 5) is 17.7. The highest BCUT2D eigenvalue weighted by molar-refractivity contribution is 5.95. The summed E-state index contributed by atoms with van der Waals surface area (Å²) in [6, 6.07) is 23.9. The van der Waals surface area contributed by atoms with Crippen molar-refractivity contribution in [3.05, 3.63) is 89.5 Å². The van der Waals surface area contributed by atoms with E-state index in [-0.39, 0.29) is 5.91 Å². The van der Waals surface area contributed by atoms with Crippen LogP contribution in [-0.4, -0.2) is 56.1 Å². The lowest BCUT2D eigenvalue weighted by Crippen LogP contribution is -2.35. The summed E-state index contributed by atoms with van der Waals surface area (Å²) in [6.45, 7) is 4.50. The van der Waals surface area contributed by atoms with Crippen molar-refractivity contribution >= 4 is 5.91 Å². The molecule has 0 unspecified atom stereocenters. The van der Waals surface area contributed by atoms with Crippen molar-refractivity contribution < 1.29 is 19.0 Å². The summed E-state index contributed by atoms with van der Waals surface area (Å²) >= 11 is 0. The molecule has 0 radical (unpaired) electrons. The Labute approximate surface area is 201 Å². The Morgan fingerprint density at radius 3 is 2.03 bits per heavy atom. The van der Waals surface area contributed by atoms with Crippen molar-refractivity contribution in [1.82, 2.24) is 9.80 Å². The van der Waals surface area contributed by atoms with Gasteiger partial charge < -0.3 is 19.1 Å². The number of carbonyl (C=O) groups excluding carboxylic acids is 1. The Hall–Kier alpha value is -3.51. The van der Waals surface area contributed by atoms with Gasteiger partial charge in [-0.3, -0.25) is 9.69 Å². The Kier molecular flexibility index (Phi) is 8.04. The number of amides is 1. The maximum atomic E-state index is 13.4. The molecule has 0 saturated carbocycles. The monoisotopic (exact) mass is 460 g/mol. The minimum atomic E-state index is -0.0206. The van der Waals surface area contributed by atoms with Gasteiger partial charge >= 0.3 is 0 Å². The molecule has 0 atom stereocenters. The fourth-order valence-corrected chi connectivity index (χ4v) is 4.23. The van der Waals surface area contributed by atoms with Gasteiger partial charge in [-0.15, -0.1) is 0 Å². The Bertz CT molecular complexity index is 1050. The zero-order chi connectivity index (χ0) is 23.8. The van der Waals surface area contributed by atoms with Gasteiger partial charge in [0, 0.05) is 38.3 Å². The molecule has 3 aromatic carbocycles.